The van der Waals surface area contributed by atoms with Gasteiger partial charge in [-0.25, -0.2) is 9.00 Å². The fourth-order valence-electron chi connectivity index (χ4n) is 0.141. The summed E-state index contributed by atoms with van der Waals surface area (Å²) < 4.78 is 24.6. The van der Waals surface area contributed by atoms with Crippen molar-refractivity contribution in [2.45, 2.75) is 0 Å². The molecule has 1 N–H and O–H groups in total. The molecule has 0 aromatic rings. The van der Waals surface area contributed by atoms with Crippen LogP contribution in [0.5, 0.6) is 0 Å². The second-order valence-corrected chi connectivity index (χ2v) is 1.66. The Balaban J connectivity index is 3.71. The summed E-state index contributed by atoms with van der Waals surface area (Å²) in [7, 11) is 1.15. The van der Waals surface area contributed by atoms with Gasteiger partial charge in [0.15, 0.2) is 0 Å². The fourth-order valence-corrected chi connectivity index (χ4v) is 0.317. The molecular formula is C3H5NO4S. The third-order valence-electron chi connectivity index (χ3n) is 0.449. The number of nitrogens with zero attached hydrogens (tertiary/aromatic N) is 1. The number of carbonyl (C=O) groups excluding carboxylic acids is 1. The minimum atomic E-state index is -2.32. The van der Waals surface area contributed by atoms with Gasteiger partial charge in [0.25, 0.3) is 11.3 Å². The maximum Gasteiger partial charge on any atom is 0.349 e. The molecule has 1 atom stereocenters. The molecule has 9 heavy (non-hydrogen) atoms. The highest BCUT2D eigenvalue weighted by molar-refractivity contribution is 7.78. The van der Waals surface area contributed by atoms with Gasteiger partial charge in [-0.05, 0) is 0 Å². The van der Waals surface area contributed by atoms with Gasteiger partial charge >= 0.3 is 5.97 Å². The summed E-state index contributed by atoms with van der Waals surface area (Å²) in [6.07, 6.45) is 0.635. The van der Waals surface area contributed by atoms with Crippen LogP contribution in [0.1, 0.15) is 0 Å². The normalized spacial score (nSPS) is 13.6. The predicted molar refractivity (Wildman–Crippen MR) is 31.3 cm³/mol. The SMILES string of the molecule is COC(=O)C=NS(=O)O. The molecule has 0 spiro atoms. The Labute approximate surface area is 54.2 Å². The van der Waals surface area contributed by atoms with E-state index in [1.807, 2.05) is 0 Å². The van der Waals surface area contributed by atoms with Crippen molar-refractivity contribution in [1.82, 2.24) is 0 Å². The molecule has 0 fully saturated rings. The van der Waals surface area contributed by atoms with E-state index in [2.05, 4.69) is 9.13 Å². The van der Waals surface area contributed by atoms with Crippen LogP contribution in [0.2, 0.25) is 0 Å². The summed E-state index contributed by atoms with van der Waals surface area (Å²) in [5, 5.41) is 0. The molecule has 1 unspecified atom stereocenters. The van der Waals surface area contributed by atoms with Crippen molar-refractivity contribution >= 4 is 23.5 Å². The fraction of sp³-hybridized carbons (Fsp3) is 0.333. The van der Waals surface area contributed by atoms with E-state index in [4.69, 9.17) is 4.55 Å². The number of ether oxygens (including phenoxy) is 1. The zero-order valence-electron chi connectivity index (χ0n) is 4.60. The first-order valence-electron chi connectivity index (χ1n) is 1.90. The molecule has 0 radical (unpaired) electrons. The van der Waals surface area contributed by atoms with Crippen molar-refractivity contribution in [3.63, 3.8) is 0 Å². The van der Waals surface area contributed by atoms with Gasteiger partial charge in [-0.15, -0.1) is 0 Å². The quantitative estimate of drug-likeness (QED) is 0.324. The number of carbonyl (C=O) groups is 1. The van der Waals surface area contributed by atoms with Gasteiger partial charge in [0.05, 0.1) is 7.11 Å². The van der Waals surface area contributed by atoms with Crippen LogP contribution in [0, 0.1) is 0 Å². The first-order valence-corrected chi connectivity index (χ1v) is 2.96. The summed E-state index contributed by atoms with van der Waals surface area (Å²) in [5.41, 5.74) is 0. The molecule has 0 saturated heterocycles. The van der Waals surface area contributed by atoms with E-state index in [0.717, 1.165) is 7.11 Å². The topological polar surface area (TPSA) is 76.0 Å². The molecule has 0 saturated carbocycles. The van der Waals surface area contributed by atoms with Gasteiger partial charge in [-0.2, -0.15) is 4.40 Å². The Morgan fingerprint density at radius 3 is 2.78 bits per heavy atom. The highest BCUT2D eigenvalue weighted by Crippen LogP contribution is 1.73. The first-order chi connectivity index (χ1) is 4.16. The number of hydrogen-bond donors (Lipinski definition) is 1. The Morgan fingerprint density at radius 2 is 2.44 bits per heavy atom. The molecule has 0 aliphatic rings. The third-order valence-corrected chi connectivity index (χ3v) is 0.735. The van der Waals surface area contributed by atoms with Crippen molar-refractivity contribution in [2.24, 2.45) is 4.40 Å². The summed E-state index contributed by atoms with van der Waals surface area (Å²) in [6.45, 7) is 0. The average Bonchev–Trinajstić information content (AvgIpc) is 1.83. The third kappa shape index (κ3) is 5.12. The smallest absolute Gasteiger partial charge is 0.349 e. The van der Waals surface area contributed by atoms with Crippen molar-refractivity contribution in [3.8, 4) is 0 Å². The van der Waals surface area contributed by atoms with Crippen LogP contribution in [-0.4, -0.2) is 28.1 Å². The largest absolute Gasteiger partial charge is 0.465 e. The minimum absolute atomic E-state index is 0.635. The van der Waals surface area contributed by atoms with Crippen LogP contribution >= 0.6 is 0 Å². The molecule has 0 aliphatic carbocycles. The van der Waals surface area contributed by atoms with Gasteiger partial charge in [0, 0.05) is 0 Å². The molecular weight excluding hydrogens is 146 g/mol. The van der Waals surface area contributed by atoms with Gasteiger partial charge in [-0.3, -0.25) is 4.55 Å². The van der Waals surface area contributed by atoms with Crippen LogP contribution in [0.4, 0.5) is 0 Å². The second kappa shape index (κ2) is 4.16. The monoisotopic (exact) mass is 151 g/mol. The Morgan fingerprint density at radius 1 is 1.89 bits per heavy atom. The maximum atomic E-state index is 10.1. The zero-order chi connectivity index (χ0) is 7.28. The summed E-state index contributed by atoms with van der Waals surface area (Å²) in [5.74, 6) is -0.752. The van der Waals surface area contributed by atoms with E-state index in [-0.39, 0.29) is 0 Å². The standard InChI is InChI=1S/C3H5NO4S/c1-8-3(5)2-4-9(6)7/h2H,1H3,(H,6,7). The molecule has 6 heteroatoms. The average molecular weight is 151 g/mol. The number of methoxy groups -OCH3 is 1. The zero-order valence-corrected chi connectivity index (χ0v) is 5.42. The highest BCUT2D eigenvalue weighted by Gasteiger charge is 1.91. The van der Waals surface area contributed by atoms with Gasteiger partial charge in [-0.1, -0.05) is 0 Å². The van der Waals surface area contributed by atoms with E-state index >= 15 is 0 Å². The molecule has 0 amide bonds. The van der Waals surface area contributed by atoms with Crippen molar-refractivity contribution in [3.05, 3.63) is 0 Å². The van der Waals surface area contributed by atoms with E-state index in [1.165, 1.54) is 0 Å². The number of hydrogen-bond acceptors (Lipinski definition) is 3. The Bertz CT molecular complexity index is 154. The predicted octanol–water partition coefficient (Wildman–Crippen LogP) is -0.633. The molecule has 0 rings (SSSR count). The second-order valence-electron chi connectivity index (χ2n) is 0.988. The Kier molecular flexibility index (Phi) is 3.81. The van der Waals surface area contributed by atoms with Crippen LogP contribution in [0.25, 0.3) is 0 Å². The lowest BCUT2D eigenvalue weighted by molar-refractivity contribution is -0.132. The summed E-state index contributed by atoms with van der Waals surface area (Å²) >= 11 is -2.32. The first kappa shape index (κ1) is 8.25. The molecule has 0 bridgehead atoms. The molecule has 0 aromatic heterocycles. The highest BCUT2D eigenvalue weighted by atomic mass is 32.2. The van der Waals surface area contributed by atoms with Gasteiger partial charge < -0.3 is 4.74 Å². The molecule has 52 valence electrons. The van der Waals surface area contributed by atoms with E-state index in [0.29, 0.717) is 6.21 Å². The van der Waals surface area contributed by atoms with Gasteiger partial charge in [0.1, 0.15) is 6.21 Å². The van der Waals surface area contributed by atoms with Crippen molar-refractivity contribution < 1.29 is 18.3 Å². The van der Waals surface area contributed by atoms with Gasteiger partial charge in [0.2, 0.25) is 0 Å². The van der Waals surface area contributed by atoms with Crippen LogP contribution in [0.3, 0.4) is 0 Å². The van der Waals surface area contributed by atoms with Crippen molar-refractivity contribution in [2.75, 3.05) is 7.11 Å². The lowest BCUT2D eigenvalue weighted by Gasteiger charge is -1.85. The summed E-state index contributed by atoms with van der Waals surface area (Å²) in [6, 6.07) is 0. The van der Waals surface area contributed by atoms with Crippen LogP contribution < -0.4 is 0 Å². The molecule has 0 aliphatic heterocycles. The number of esters is 1. The summed E-state index contributed by atoms with van der Waals surface area (Å²) in [4.78, 5) is 10.1. The van der Waals surface area contributed by atoms with E-state index < -0.39 is 17.2 Å². The van der Waals surface area contributed by atoms with Crippen molar-refractivity contribution in [1.29, 1.82) is 0 Å². The maximum absolute atomic E-state index is 10.1. The lowest BCUT2D eigenvalue weighted by Crippen LogP contribution is -2.01. The number of rotatable bonds is 2. The van der Waals surface area contributed by atoms with E-state index in [1.54, 1.807) is 0 Å². The molecule has 0 heterocycles. The Hall–Kier alpha value is -0.750. The lowest BCUT2D eigenvalue weighted by atomic mass is 10.8. The van der Waals surface area contributed by atoms with E-state index in [9.17, 15) is 9.00 Å². The molecule has 5 nitrogen and oxygen atoms in total. The van der Waals surface area contributed by atoms with Crippen LogP contribution in [-0.2, 0) is 20.8 Å². The minimum Gasteiger partial charge on any atom is -0.465 e. The van der Waals surface area contributed by atoms with Crippen LogP contribution in [0.15, 0.2) is 4.40 Å². The molecule has 0 aromatic carbocycles.